The molecule has 12 heavy (non-hydrogen) atoms. The van der Waals surface area contributed by atoms with E-state index in [1.165, 1.54) is 37.7 Å². The van der Waals surface area contributed by atoms with Crippen molar-refractivity contribution in [3.8, 4) is 6.07 Å². The maximum absolute atomic E-state index is 8.94. The van der Waals surface area contributed by atoms with Crippen LogP contribution in [0.3, 0.4) is 0 Å². The van der Waals surface area contributed by atoms with Gasteiger partial charge in [0.25, 0.3) is 0 Å². The van der Waals surface area contributed by atoms with Crippen molar-refractivity contribution in [2.24, 2.45) is 11.8 Å². The Bertz CT molecular complexity index is 234. The second-order valence-electron chi connectivity index (χ2n) is 3.94. The van der Waals surface area contributed by atoms with E-state index in [1.807, 2.05) is 0 Å². The van der Waals surface area contributed by atoms with E-state index in [2.05, 4.69) is 12.1 Å². The molecule has 2 unspecified atom stereocenters. The van der Waals surface area contributed by atoms with Gasteiger partial charge in [0.1, 0.15) is 0 Å². The Hall–Kier alpha value is -0.770. The molecule has 0 amide bonds. The summed E-state index contributed by atoms with van der Waals surface area (Å²) in [5.74, 6) is 1.04. The second kappa shape index (κ2) is 3.31. The fraction of sp³-hybridized carbons (Fsp3) is 0.727. The minimum atomic E-state index is 0.268. The van der Waals surface area contributed by atoms with Gasteiger partial charge in [-0.1, -0.05) is 18.1 Å². The molecular formula is C11H15N. The first kappa shape index (κ1) is 7.86. The minimum absolute atomic E-state index is 0.268. The Morgan fingerprint density at radius 1 is 1.25 bits per heavy atom. The highest BCUT2D eigenvalue weighted by Gasteiger charge is 2.28. The van der Waals surface area contributed by atoms with Gasteiger partial charge >= 0.3 is 0 Å². The number of allylic oxidation sites excluding steroid dienone is 2. The van der Waals surface area contributed by atoms with Crippen LogP contribution in [0.25, 0.3) is 0 Å². The zero-order valence-electron chi connectivity index (χ0n) is 7.42. The van der Waals surface area contributed by atoms with Crippen LogP contribution in [0.15, 0.2) is 11.6 Å². The summed E-state index contributed by atoms with van der Waals surface area (Å²) >= 11 is 0. The molecule has 0 aromatic rings. The lowest BCUT2D eigenvalue weighted by molar-refractivity contribution is 0.368. The Kier molecular flexibility index (Phi) is 2.17. The molecule has 1 nitrogen and oxygen atoms in total. The molecule has 0 bridgehead atoms. The first-order valence-electron chi connectivity index (χ1n) is 5.01. The zero-order chi connectivity index (χ0) is 8.39. The molecule has 64 valence electrons. The summed E-state index contributed by atoms with van der Waals surface area (Å²) in [5.41, 5.74) is 1.48. The predicted molar refractivity (Wildman–Crippen MR) is 48.4 cm³/mol. The van der Waals surface area contributed by atoms with E-state index in [0.29, 0.717) is 0 Å². The average molecular weight is 161 g/mol. The van der Waals surface area contributed by atoms with E-state index >= 15 is 0 Å². The number of nitriles is 1. The monoisotopic (exact) mass is 161 g/mol. The molecule has 2 aliphatic rings. The van der Waals surface area contributed by atoms with E-state index in [0.717, 1.165) is 12.3 Å². The molecule has 1 saturated carbocycles. The number of rotatable bonds is 0. The predicted octanol–water partition coefficient (Wildman–Crippen LogP) is 3.04. The summed E-state index contributed by atoms with van der Waals surface area (Å²) in [6.07, 6.45) is 9.94. The molecule has 0 radical (unpaired) electrons. The van der Waals surface area contributed by atoms with Crippen molar-refractivity contribution in [1.82, 2.24) is 0 Å². The van der Waals surface area contributed by atoms with Crippen LogP contribution in [0.4, 0.5) is 0 Å². The number of nitrogens with zero attached hydrogens (tertiary/aromatic N) is 1. The van der Waals surface area contributed by atoms with Crippen LogP contribution >= 0.6 is 0 Å². The molecule has 0 aliphatic heterocycles. The van der Waals surface area contributed by atoms with Crippen molar-refractivity contribution in [2.45, 2.75) is 38.5 Å². The summed E-state index contributed by atoms with van der Waals surface area (Å²) in [5, 5.41) is 8.94. The lowest BCUT2D eigenvalue weighted by Crippen LogP contribution is -2.20. The van der Waals surface area contributed by atoms with Crippen LogP contribution in [0.1, 0.15) is 38.5 Å². The van der Waals surface area contributed by atoms with Crippen LogP contribution in [0.5, 0.6) is 0 Å². The highest BCUT2D eigenvalue weighted by atomic mass is 14.4. The van der Waals surface area contributed by atoms with Gasteiger partial charge in [0, 0.05) is 0 Å². The fourth-order valence-electron chi connectivity index (χ4n) is 2.58. The second-order valence-corrected chi connectivity index (χ2v) is 3.94. The first-order chi connectivity index (χ1) is 5.92. The Morgan fingerprint density at radius 2 is 2.08 bits per heavy atom. The van der Waals surface area contributed by atoms with Crippen LogP contribution in [-0.2, 0) is 0 Å². The molecule has 2 aliphatic carbocycles. The summed E-state index contributed by atoms with van der Waals surface area (Å²) in [6, 6.07) is 2.43. The molecule has 1 heteroatoms. The van der Waals surface area contributed by atoms with Gasteiger partial charge in [-0.2, -0.15) is 5.26 Å². The molecule has 2 atom stereocenters. The normalized spacial score (nSPS) is 34.8. The quantitative estimate of drug-likeness (QED) is 0.501. The summed E-state index contributed by atoms with van der Waals surface area (Å²) < 4.78 is 0. The molecule has 0 aromatic carbocycles. The fourth-order valence-corrected chi connectivity index (χ4v) is 2.58. The highest BCUT2D eigenvalue weighted by molar-refractivity contribution is 5.21. The number of fused-ring (bicyclic) bond motifs is 1. The largest absolute Gasteiger partial charge is 0.198 e. The standard InChI is InChI=1S/C11H15N/c12-8-10-6-3-5-9-4-1-2-7-11(9)10/h7,9-10H,1-6H2. The van der Waals surface area contributed by atoms with Crippen molar-refractivity contribution < 1.29 is 0 Å². The number of hydrogen-bond acceptors (Lipinski definition) is 1. The lowest BCUT2D eigenvalue weighted by Gasteiger charge is -2.31. The minimum Gasteiger partial charge on any atom is -0.198 e. The van der Waals surface area contributed by atoms with Crippen LogP contribution in [0, 0.1) is 23.2 Å². The lowest BCUT2D eigenvalue weighted by atomic mass is 9.72. The highest BCUT2D eigenvalue weighted by Crippen LogP contribution is 2.39. The first-order valence-corrected chi connectivity index (χ1v) is 5.01. The van der Waals surface area contributed by atoms with Crippen LogP contribution in [-0.4, -0.2) is 0 Å². The third-order valence-corrected chi connectivity index (χ3v) is 3.21. The number of hydrogen-bond donors (Lipinski definition) is 0. The van der Waals surface area contributed by atoms with Gasteiger partial charge in [0.05, 0.1) is 12.0 Å². The maximum Gasteiger partial charge on any atom is 0.0700 e. The summed E-state index contributed by atoms with van der Waals surface area (Å²) in [6.45, 7) is 0. The smallest absolute Gasteiger partial charge is 0.0700 e. The molecular weight excluding hydrogens is 146 g/mol. The van der Waals surface area contributed by atoms with Crippen LogP contribution < -0.4 is 0 Å². The molecule has 0 aromatic heterocycles. The third-order valence-electron chi connectivity index (χ3n) is 3.21. The maximum atomic E-state index is 8.94. The van der Waals surface area contributed by atoms with Gasteiger partial charge in [-0.3, -0.25) is 0 Å². The molecule has 0 N–H and O–H groups in total. The van der Waals surface area contributed by atoms with E-state index in [4.69, 9.17) is 5.26 Å². The van der Waals surface area contributed by atoms with Gasteiger partial charge in [-0.05, 0) is 38.0 Å². The van der Waals surface area contributed by atoms with E-state index in [-0.39, 0.29) is 5.92 Å². The van der Waals surface area contributed by atoms with Crippen LogP contribution in [0.2, 0.25) is 0 Å². The van der Waals surface area contributed by atoms with E-state index in [9.17, 15) is 0 Å². The molecule has 1 fully saturated rings. The molecule has 0 spiro atoms. The Balaban J connectivity index is 2.19. The van der Waals surface area contributed by atoms with Gasteiger partial charge in [-0.25, -0.2) is 0 Å². The Morgan fingerprint density at radius 3 is 2.92 bits per heavy atom. The third kappa shape index (κ3) is 1.27. The van der Waals surface area contributed by atoms with Gasteiger partial charge in [0.15, 0.2) is 0 Å². The van der Waals surface area contributed by atoms with Crippen molar-refractivity contribution in [3.63, 3.8) is 0 Å². The van der Waals surface area contributed by atoms with Crippen molar-refractivity contribution in [1.29, 1.82) is 5.26 Å². The molecule has 2 rings (SSSR count). The average Bonchev–Trinajstić information content (AvgIpc) is 2.17. The van der Waals surface area contributed by atoms with E-state index in [1.54, 1.807) is 0 Å². The molecule has 0 heterocycles. The molecule has 0 saturated heterocycles. The SMILES string of the molecule is N#CC1CCCC2CCCC=C12. The topological polar surface area (TPSA) is 23.8 Å². The zero-order valence-corrected chi connectivity index (χ0v) is 7.42. The van der Waals surface area contributed by atoms with Crippen molar-refractivity contribution in [3.05, 3.63) is 11.6 Å². The van der Waals surface area contributed by atoms with E-state index < -0.39 is 0 Å². The summed E-state index contributed by atoms with van der Waals surface area (Å²) in [7, 11) is 0. The van der Waals surface area contributed by atoms with Crippen molar-refractivity contribution in [2.75, 3.05) is 0 Å². The Labute approximate surface area is 74.1 Å². The van der Waals surface area contributed by atoms with Gasteiger partial charge < -0.3 is 0 Å². The van der Waals surface area contributed by atoms with Crippen molar-refractivity contribution >= 4 is 0 Å². The summed E-state index contributed by atoms with van der Waals surface area (Å²) in [4.78, 5) is 0. The van der Waals surface area contributed by atoms with Gasteiger partial charge in [-0.15, -0.1) is 0 Å². The van der Waals surface area contributed by atoms with Gasteiger partial charge in [0.2, 0.25) is 0 Å².